The van der Waals surface area contributed by atoms with Gasteiger partial charge < -0.3 is 33.8 Å². The van der Waals surface area contributed by atoms with Crippen molar-refractivity contribution in [1.82, 2.24) is 0 Å². The molecule has 0 aliphatic heterocycles. The Labute approximate surface area is 605 Å². The number of aliphatic hydroxyl groups is 1. The topological polar surface area (TPSA) is 237 Å². The molecule has 0 radical (unpaired) electrons. The maximum absolute atomic E-state index is 13.1. The number of rotatable bonds is 71. The number of phosphoric ester groups is 2. The lowest BCUT2D eigenvalue weighted by atomic mass is 10.0. The summed E-state index contributed by atoms with van der Waals surface area (Å²) in [7, 11) is -9.98. The van der Waals surface area contributed by atoms with Gasteiger partial charge in [-0.2, -0.15) is 0 Å². The Balaban J connectivity index is 5.42. The van der Waals surface area contributed by atoms with Crippen molar-refractivity contribution in [2.24, 2.45) is 0 Å². The first-order chi connectivity index (χ1) is 48.7. The Morgan fingerprint density at radius 2 is 0.520 bits per heavy atom. The van der Waals surface area contributed by atoms with Gasteiger partial charge in [-0.25, -0.2) is 9.13 Å². The number of carbonyl (C=O) groups is 4. The summed E-state index contributed by atoms with van der Waals surface area (Å²) in [6, 6.07) is 0. The molecule has 0 amide bonds. The summed E-state index contributed by atoms with van der Waals surface area (Å²) < 4.78 is 68.4. The van der Waals surface area contributed by atoms with Crippen LogP contribution in [0.15, 0.2) is 134 Å². The van der Waals surface area contributed by atoms with Crippen molar-refractivity contribution >= 4 is 39.5 Å². The molecule has 0 bridgehead atoms. The molecule has 0 saturated carbocycles. The molecule has 0 aromatic heterocycles. The average molecular weight is 1440 g/mol. The summed E-state index contributed by atoms with van der Waals surface area (Å²) in [4.78, 5) is 72.9. The third-order valence-electron chi connectivity index (χ3n) is 15.6. The zero-order chi connectivity index (χ0) is 73.2. The van der Waals surface area contributed by atoms with Crippen molar-refractivity contribution in [3.63, 3.8) is 0 Å². The third-order valence-corrected chi connectivity index (χ3v) is 17.5. The number of aliphatic hydroxyl groups excluding tert-OH is 1. The van der Waals surface area contributed by atoms with E-state index in [1.54, 1.807) is 0 Å². The monoisotopic (exact) mass is 1440 g/mol. The van der Waals surface area contributed by atoms with Crippen LogP contribution >= 0.6 is 15.6 Å². The summed E-state index contributed by atoms with van der Waals surface area (Å²) in [6.45, 7) is 4.43. The van der Waals surface area contributed by atoms with E-state index in [1.807, 2.05) is 0 Å². The average Bonchev–Trinajstić information content (AvgIpc) is 0.988. The van der Waals surface area contributed by atoms with Gasteiger partial charge in [-0.1, -0.05) is 271 Å². The van der Waals surface area contributed by atoms with Gasteiger partial charge in [-0.3, -0.25) is 37.3 Å². The van der Waals surface area contributed by atoms with Crippen LogP contribution in [0.2, 0.25) is 0 Å². The van der Waals surface area contributed by atoms with Crippen molar-refractivity contribution in [2.75, 3.05) is 39.6 Å². The zero-order valence-electron chi connectivity index (χ0n) is 62.3. The molecule has 0 saturated heterocycles. The Kier molecular flexibility index (Phi) is 69.1. The molecular weight excluding hydrogens is 1310 g/mol. The van der Waals surface area contributed by atoms with Crippen molar-refractivity contribution in [3.05, 3.63) is 134 Å². The highest BCUT2D eigenvalue weighted by atomic mass is 31.2. The van der Waals surface area contributed by atoms with Gasteiger partial charge in [0.1, 0.15) is 19.3 Å². The highest BCUT2D eigenvalue weighted by Gasteiger charge is 2.30. The molecule has 0 aromatic carbocycles. The van der Waals surface area contributed by atoms with Crippen LogP contribution in [0.4, 0.5) is 0 Å². The van der Waals surface area contributed by atoms with Crippen molar-refractivity contribution < 1.29 is 80.2 Å². The Morgan fingerprint density at radius 1 is 0.290 bits per heavy atom. The van der Waals surface area contributed by atoms with Gasteiger partial charge in [0.25, 0.3) is 0 Å². The second kappa shape index (κ2) is 72.5. The quantitative estimate of drug-likeness (QED) is 0.0169. The van der Waals surface area contributed by atoms with Gasteiger partial charge in [-0.05, 0) is 135 Å². The number of unbranched alkanes of at least 4 members (excludes halogenated alkanes) is 23. The van der Waals surface area contributed by atoms with E-state index < -0.39 is 97.5 Å². The smallest absolute Gasteiger partial charge is 0.462 e. The van der Waals surface area contributed by atoms with Gasteiger partial charge in [-0.15, -0.1) is 0 Å². The van der Waals surface area contributed by atoms with Gasteiger partial charge in [0.15, 0.2) is 12.2 Å². The lowest BCUT2D eigenvalue weighted by Gasteiger charge is -2.21. The van der Waals surface area contributed by atoms with Crippen LogP contribution in [-0.2, 0) is 65.4 Å². The number of esters is 4. The molecule has 0 aromatic rings. The first-order valence-corrected chi connectivity index (χ1v) is 41.4. The summed E-state index contributed by atoms with van der Waals surface area (Å²) in [5.41, 5.74) is 0. The molecule has 100 heavy (non-hydrogen) atoms. The molecular formula is C81H136O17P2. The summed E-state index contributed by atoms with van der Waals surface area (Å²) in [6.07, 6.45) is 80.2. The second-order valence-electron chi connectivity index (χ2n) is 25.2. The minimum Gasteiger partial charge on any atom is -0.462 e. The number of hydrogen-bond acceptors (Lipinski definition) is 15. The van der Waals surface area contributed by atoms with Gasteiger partial charge in [0.05, 0.1) is 26.4 Å². The predicted octanol–water partition coefficient (Wildman–Crippen LogP) is 22.1. The fourth-order valence-electron chi connectivity index (χ4n) is 9.86. The molecule has 0 aliphatic carbocycles. The normalized spacial score (nSPS) is 14.7. The third kappa shape index (κ3) is 71.6. The summed E-state index contributed by atoms with van der Waals surface area (Å²) in [5.74, 6) is -2.28. The van der Waals surface area contributed by atoms with Gasteiger partial charge in [0, 0.05) is 25.7 Å². The molecule has 19 heteroatoms. The van der Waals surface area contributed by atoms with Crippen molar-refractivity contribution in [3.8, 4) is 0 Å². The first kappa shape index (κ1) is 95.2. The Morgan fingerprint density at radius 3 is 0.820 bits per heavy atom. The molecule has 5 unspecified atom stereocenters. The van der Waals surface area contributed by atoms with E-state index in [0.29, 0.717) is 32.1 Å². The maximum atomic E-state index is 13.1. The SMILES string of the molecule is CC/C=C\C/C=C\C/C=C\C/C=C\CCCCC(=O)OCC(COP(=O)(O)OCC(O)COP(=O)(O)OCC(COC(=O)CCCCCCCCC/C=C\C/C=C\C/C=C\CC)OC(=O)CCCCCCCCCCCCCCC)OC(=O)CCCC/C=C\C/C=C\C/C=C\C/C=C\CC. The van der Waals surface area contributed by atoms with Crippen molar-refractivity contribution in [2.45, 2.75) is 316 Å². The minimum absolute atomic E-state index is 0.0305. The van der Waals surface area contributed by atoms with Crippen LogP contribution in [0.3, 0.4) is 0 Å². The molecule has 0 fully saturated rings. The fraction of sp³-hybridized carbons (Fsp3) is 0.679. The van der Waals surface area contributed by atoms with Crippen LogP contribution in [0.25, 0.3) is 0 Å². The maximum Gasteiger partial charge on any atom is 0.472 e. The highest BCUT2D eigenvalue weighted by molar-refractivity contribution is 7.47. The fourth-order valence-corrected chi connectivity index (χ4v) is 11.4. The van der Waals surface area contributed by atoms with Crippen molar-refractivity contribution in [1.29, 1.82) is 0 Å². The molecule has 0 rings (SSSR count). The lowest BCUT2D eigenvalue weighted by Crippen LogP contribution is -2.30. The van der Waals surface area contributed by atoms with E-state index in [4.69, 9.17) is 37.0 Å². The first-order valence-electron chi connectivity index (χ1n) is 38.4. The predicted molar refractivity (Wildman–Crippen MR) is 408 cm³/mol. The number of hydrogen-bond donors (Lipinski definition) is 3. The lowest BCUT2D eigenvalue weighted by molar-refractivity contribution is -0.161. The Bertz CT molecular complexity index is 2420. The van der Waals surface area contributed by atoms with E-state index in [0.717, 1.165) is 161 Å². The van der Waals surface area contributed by atoms with E-state index in [-0.39, 0.29) is 25.7 Å². The molecule has 0 heterocycles. The van der Waals surface area contributed by atoms with E-state index >= 15 is 0 Å². The number of phosphoric acid groups is 2. The molecule has 572 valence electrons. The van der Waals surface area contributed by atoms with Crippen LogP contribution in [0.5, 0.6) is 0 Å². The largest absolute Gasteiger partial charge is 0.472 e. The highest BCUT2D eigenvalue weighted by Crippen LogP contribution is 2.45. The Hall–Kier alpha value is -4.80. The van der Waals surface area contributed by atoms with Gasteiger partial charge in [0.2, 0.25) is 0 Å². The zero-order valence-corrected chi connectivity index (χ0v) is 64.1. The molecule has 5 atom stereocenters. The molecule has 0 aliphatic rings. The number of ether oxygens (including phenoxy) is 4. The van der Waals surface area contributed by atoms with E-state index in [2.05, 4.69) is 161 Å². The molecule has 3 N–H and O–H groups in total. The van der Waals surface area contributed by atoms with E-state index in [9.17, 15) is 43.2 Å². The van der Waals surface area contributed by atoms with Gasteiger partial charge >= 0.3 is 39.5 Å². The standard InChI is InChI=1S/C81H136O17P2/c1-5-9-13-17-21-25-29-33-36-37-40-43-46-50-54-58-62-66-79(84)92-71-76(97-80(85)67-63-59-55-51-47-41-32-28-24-20-16-12-8-4)73-95-99(87,88)93-69-75(82)70-94-100(89,90)96-74-77(98-81(86)68-64-60-56-52-48-44-39-35-31-27-23-19-15-11-7-3)72-91-78(83)65-61-57-53-49-45-42-38-34-30-26-22-18-14-10-6-2/h9-11,13-15,21-23,25-27,33-36,38-39,45,48-49,52,75-77,82H,5-8,12,16-20,24,28-32,37,40-44,46-47,50-51,53-74H2,1-4H3,(H,87,88)(H,89,90)/b13-9-,14-10-,15-11-,25-21-,26-22-,27-23-,36-33-,38-34-,39-35-,49-45-,52-48-. The second-order valence-corrected chi connectivity index (χ2v) is 28.1. The molecule has 17 nitrogen and oxygen atoms in total. The number of allylic oxidation sites excluding steroid dienone is 22. The van der Waals surface area contributed by atoms with Crippen LogP contribution in [-0.4, -0.2) is 96.7 Å². The van der Waals surface area contributed by atoms with Crippen LogP contribution in [0, 0.1) is 0 Å². The van der Waals surface area contributed by atoms with Crippen LogP contribution < -0.4 is 0 Å². The summed E-state index contributed by atoms with van der Waals surface area (Å²) >= 11 is 0. The van der Waals surface area contributed by atoms with E-state index in [1.165, 1.54) is 51.4 Å². The number of carbonyl (C=O) groups excluding carboxylic acids is 4. The summed E-state index contributed by atoms with van der Waals surface area (Å²) in [5, 5.41) is 10.6. The minimum atomic E-state index is -5.00. The molecule has 0 spiro atoms. The van der Waals surface area contributed by atoms with Crippen LogP contribution in [0.1, 0.15) is 297 Å².